The highest BCUT2D eigenvalue weighted by Crippen LogP contribution is 2.22. The van der Waals surface area contributed by atoms with Gasteiger partial charge in [-0.15, -0.1) is 0 Å². The first kappa shape index (κ1) is 20.8. The van der Waals surface area contributed by atoms with Crippen LogP contribution in [0.1, 0.15) is 24.0 Å². The molecule has 2 aromatic carbocycles. The van der Waals surface area contributed by atoms with E-state index in [0.29, 0.717) is 18.7 Å². The fourth-order valence-electron chi connectivity index (χ4n) is 3.87. The van der Waals surface area contributed by atoms with Crippen LogP contribution in [0.5, 0.6) is 0 Å². The Morgan fingerprint density at radius 2 is 1.90 bits per heavy atom. The Balaban J connectivity index is 1.39. The van der Waals surface area contributed by atoms with Crippen molar-refractivity contribution >= 4 is 11.6 Å². The van der Waals surface area contributed by atoms with Crippen molar-refractivity contribution in [2.75, 3.05) is 18.0 Å². The molecule has 0 aliphatic carbocycles. The molecule has 3 aromatic rings. The second-order valence-electron chi connectivity index (χ2n) is 7.79. The first-order valence-corrected chi connectivity index (χ1v) is 10.5. The van der Waals surface area contributed by atoms with Crippen LogP contribution < -0.4 is 15.8 Å². The van der Waals surface area contributed by atoms with Gasteiger partial charge in [0, 0.05) is 31.3 Å². The molecule has 160 valence electrons. The molecule has 1 fully saturated rings. The molecule has 0 radical (unpaired) electrons. The smallest absolute Gasteiger partial charge is 0.269 e. The fraction of sp³-hybridized carbons (Fsp3) is 0.292. The monoisotopic (exact) mass is 420 g/mol. The third kappa shape index (κ3) is 5.17. The lowest BCUT2D eigenvalue weighted by Crippen LogP contribution is -2.43. The number of nitrogens with one attached hydrogen (secondary N) is 1. The zero-order valence-corrected chi connectivity index (χ0v) is 17.2. The van der Waals surface area contributed by atoms with E-state index in [2.05, 4.69) is 10.4 Å². The predicted octanol–water partition coefficient (Wildman–Crippen LogP) is 2.96. The molecule has 1 aliphatic heterocycles. The van der Waals surface area contributed by atoms with Gasteiger partial charge in [-0.2, -0.15) is 5.10 Å². The number of piperidine rings is 1. The number of carbonyl (C=O) groups is 1. The number of hydrogen-bond donors (Lipinski definition) is 1. The Bertz CT molecular complexity index is 1100. The number of rotatable bonds is 6. The number of anilines is 1. The van der Waals surface area contributed by atoms with Crippen molar-refractivity contribution in [3.63, 3.8) is 0 Å². The summed E-state index contributed by atoms with van der Waals surface area (Å²) in [6.45, 7) is 1.86. The van der Waals surface area contributed by atoms with Crippen LogP contribution in [-0.4, -0.2) is 28.8 Å². The molecule has 1 N–H and O–H groups in total. The lowest BCUT2D eigenvalue weighted by atomic mass is 9.96. The first-order valence-electron chi connectivity index (χ1n) is 10.5. The molecular formula is C24H25FN4O2. The third-order valence-corrected chi connectivity index (χ3v) is 5.60. The van der Waals surface area contributed by atoms with Gasteiger partial charge in [0.1, 0.15) is 5.82 Å². The molecule has 0 bridgehead atoms. The standard InChI is InChI=1S/C24H25FN4O2/c25-22-11-5-4-9-19(22)14-26-24(31)20-10-6-12-28(17-20)21-13-23(30)29(27-15-21)16-18-7-2-1-3-8-18/h1-5,7-9,11,13,15,20H,6,10,12,14,16-17H2,(H,26,31)/t20-/m0/s1. The van der Waals surface area contributed by atoms with Crippen LogP contribution in [0.4, 0.5) is 10.1 Å². The summed E-state index contributed by atoms with van der Waals surface area (Å²) in [7, 11) is 0. The van der Waals surface area contributed by atoms with E-state index in [1.807, 2.05) is 35.2 Å². The Morgan fingerprint density at radius 3 is 2.68 bits per heavy atom. The van der Waals surface area contributed by atoms with Crippen LogP contribution in [0.25, 0.3) is 0 Å². The Labute approximate surface area is 180 Å². The average molecular weight is 420 g/mol. The minimum absolute atomic E-state index is 0.0988. The number of carbonyl (C=O) groups excluding carboxylic acids is 1. The van der Waals surface area contributed by atoms with E-state index >= 15 is 0 Å². The average Bonchev–Trinajstić information content (AvgIpc) is 2.80. The predicted molar refractivity (Wildman–Crippen MR) is 117 cm³/mol. The van der Waals surface area contributed by atoms with E-state index in [9.17, 15) is 14.0 Å². The molecule has 31 heavy (non-hydrogen) atoms. The SMILES string of the molecule is O=C(NCc1ccccc1F)[C@H]1CCCN(c2cnn(Cc3ccccc3)c(=O)c2)C1. The molecule has 1 saturated heterocycles. The summed E-state index contributed by atoms with van der Waals surface area (Å²) in [6, 6.07) is 17.7. The van der Waals surface area contributed by atoms with Crippen LogP contribution in [0.3, 0.4) is 0 Å². The lowest BCUT2D eigenvalue weighted by molar-refractivity contribution is -0.125. The number of benzene rings is 2. The van der Waals surface area contributed by atoms with Crippen LogP contribution >= 0.6 is 0 Å². The van der Waals surface area contributed by atoms with Crippen molar-refractivity contribution < 1.29 is 9.18 Å². The van der Waals surface area contributed by atoms with Crippen molar-refractivity contribution in [2.24, 2.45) is 5.92 Å². The Morgan fingerprint density at radius 1 is 1.13 bits per heavy atom. The summed E-state index contributed by atoms with van der Waals surface area (Å²) < 4.78 is 15.2. The molecule has 2 heterocycles. The molecule has 4 rings (SSSR count). The topological polar surface area (TPSA) is 67.2 Å². The van der Waals surface area contributed by atoms with Crippen LogP contribution in [0.15, 0.2) is 71.7 Å². The number of hydrogen-bond acceptors (Lipinski definition) is 4. The van der Waals surface area contributed by atoms with E-state index < -0.39 is 0 Å². The maximum Gasteiger partial charge on any atom is 0.269 e. The molecule has 1 amide bonds. The van der Waals surface area contributed by atoms with Gasteiger partial charge in [-0.25, -0.2) is 9.07 Å². The normalized spacial score (nSPS) is 16.2. The summed E-state index contributed by atoms with van der Waals surface area (Å²) in [5, 5.41) is 7.17. The number of nitrogens with zero attached hydrogens (tertiary/aromatic N) is 3. The van der Waals surface area contributed by atoms with Crippen LogP contribution in [0.2, 0.25) is 0 Å². The molecule has 0 saturated carbocycles. The third-order valence-electron chi connectivity index (χ3n) is 5.60. The van der Waals surface area contributed by atoms with E-state index in [4.69, 9.17) is 0 Å². The molecule has 1 aromatic heterocycles. The molecule has 6 nitrogen and oxygen atoms in total. The lowest BCUT2D eigenvalue weighted by Gasteiger charge is -2.33. The van der Waals surface area contributed by atoms with Gasteiger partial charge in [0.25, 0.3) is 5.56 Å². The zero-order valence-electron chi connectivity index (χ0n) is 17.2. The van der Waals surface area contributed by atoms with Gasteiger partial charge in [-0.05, 0) is 24.5 Å². The molecule has 1 aliphatic rings. The summed E-state index contributed by atoms with van der Waals surface area (Å²) >= 11 is 0. The summed E-state index contributed by atoms with van der Waals surface area (Å²) in [6.07, 6.45) is 3.28. The number of halogens is 1. The molecule has 0 unspecified atom stereocenters. The van der Waals surface area contributed by atoms with E-state index in [-0.39, 0.29) is 29.7 Å². The Kier molecular flexibility index (Phi) is 6.40. The first-order chi connectivity index (χ1) is 15.1. The van der Waals surface area contributed by atoms with Gasteiger partial charge in [-0.3, -0.25) is 9.59 Å². The zero-order chi connectivity index (χ0) is 21.6. The highest BCUT2D eigenvalue weighted by atomic mass is 19.1. The van der Waals surface area contributed by atoms with Gasteiger partial charge >= 0.3 is 0 Å². The highest BCUT2D eigenvalue weighted by molar-refractivity contribution is 5.79. The summed E-state index contributed by atoms with van der Waals surface area (Å²) in [4.78, 5) is 27.2. The Hall–Kier alpha value is -3.48. The molecule has 1 atom stereocenters. The van der Waals surface area contributed by atoms with E-state index in [1.165, 1.54) is 10.7 Å². The van der Waals surface area contributed by atoms with Gasteiger partial charge in [0.2, 0.25) is 5.91 Å². The summed E-state index contributed by atoms with van der Waals surface area (Å²) in [5.74, 6) is -0.638. The number of aromatic nitrogens is 2. The number of amides is 1. The second kappa shape index (κ2) is 9.55. The van der Waals surface area contributed by atoms with E-state index in [0.717, 1.165) is 30.6 Å². The molecule has 0 spiro atoms. The van der Waals surface area contributed by atoms with Crippen molar-refractivity contribution in [2.45, 2.75) is 25.9 Å². The minimum atomic E-state index is -0.324. The van der Waals surface area contributed by atoms with Crippen molar-refractivity contribution in [1.29, 1.82) is 0 Å². The second-order valence-corrected chi connectivity index (χ2v) is 7.79. The fourth-order valence-corrected chi connectivity index (χ4v) is 3.87. The highest BCUT2D eigenvalue weighted by Gasteiger charge is 2.26. The van der Waals surface area contributed by atoms with E-state index in [1.54, 1.807) is 30.5 Å². The maximum atomic E-state index is 13.8. The van der Waals surface area contributed by atoms with Crippen molar-refractivity contribution in [3.8, 4) is 0 Å². The van der Waals surface area contributed by atoms with Gasteiger partial charge in [0.15, 0.2) is 0 Å². The maximum absolute atomic E-state index is 13.8. The van der Waals surface area contributed by atoms with Crippen molar-refractivity contribution in [3.05, 3.63) is 94.2 Å². The minimum Gasteiger partial charge on any atom is -0.369 e. The van der Waals surface area contributed by atoms with Crippen LogP contribution in [0, 0.1) is 11.7 Å². The van der Waals surface area contributed by atoms with Crippen molar-refractivity contribution in [1.82, 2.24) is 15.1 Å². The van der Waals surface area contributed by atoms with Crippen LogP contribution in [-0.2, 0) is 17.9 Å². The van der Waals surface area contributed by atoms with Gasteiger partial charge in [0.05, 0.1) is 24.3 Å². The molecule has 7 heteroatoms. The summed E-state index contributed by atoms with van der Waals surface area (Å²) in [5.41, 5.74) is 2.03. The largest absolute Gasteiger partial charge is 0.369 e. The quantitative estimate of drug-likeness (QED) is 0.666. The molecular weight excluding hydrogens is 395 g/mol. The van der Waals surface area contributed by atoms with Gasteiger partial charge in [-0.1, -0.05) is 48.5 Å². The van der Waals surface area contributed by atoms with Gasteiger partial charge < -0.3 is 10.2 Å².